The van der Waals surface area contributed by atoms with Crippen LogP contribution in [0.5, 0.6) is 0 Å². The van der Waals surface area contributed by atoms with E-state index in [0.29, 0.717) is 6.54 Å². The number of carbonyl (C=O) groups is 1. The van der Waals surface area contributed by atoms with Crippen LogP contribution in [0.15, 0.2) is 29.2 Å². The first-order chi connectivity index (χ1) is 9.43. The fourth-order valence-electron chi connectivity index (χ4n) is 2.53. The van der Waals surface area contributed by atoms with Crippen molar-refractivity contribution in [2.75, 3.05) is 6.54 Å². The van der Waals surface area contributed by atoms with Gasteiger partial charge in [0.2, 0.25) is 10.0 Å². The van der Waals surface area contributed by atoms with Gasteiger partial charge in [0, 0.05) is 12.6 Å². The Hall–Kier alpha value is -1.40. The number of hydrogen-bond donors (Lipinski definition) is 1. The van der Waals surface area contributed by atoms with Gasteiger partial charge in [-0.15, -0.1) is 0 Å². The Balaban J connectivity index is 2.38. The van der Waals surface area contributed by atoms with E-state index in [1.807, 2.05) is 6.92 Å². The summed E-state index contributed by atoms with van der Waals surface area (Å²) >= 11 is 0. The first-order valence-electron chi connectivity index (χ1n) is 6.78. The number of hydrogen-bond acceptors (Lipinski definition) is 3. The van der Waals surface area contributed by atoms with E-state index in [4.69, 9.17) is 5.11 Å². The molecule has 1 heterocycles. The summed E-state index contributed by atoms with van der Waals surface area (Å²) in [4.78, 5) is 11.0. The molecule has 0 aliphatic carbocycles. The van der Waals surface area contributed by atoms with Crippen LogP contribution < -0.4 is 0 Å². The highest BCUT2D eigenvalue weighted by Crippen LogP contribution is 2.25. The molecule has 1 aromatic rings. The maximum Gasteiger partial charge on any atom is 0.335 e. The predicted octanol–water partition coefficient (Wildman–Crippen LogP) is 2.34. The monoisotopic (exact) mass is 297 g/mol. The van der Waals surface area contributed by atoms with E-state index >= 15 is 0 Å². The van der Waals surface area contributed by atoms with Crippen molar-refractivity contribution < 1.29 is 18.3 Å². The summed E-state index contributed by atoms with van der Waals surface area (Å²) in [5.41, 5.74) is -0.00597. The van der Waals surface area contributed by atoms with Gasteiger partial charge >= 0.3 is 5.97 Å². The van der Waals surface area contributed by atoms with Crippen LogP contribution in [0, 0.1) is 0 Å². The maximum atomic E-state index is 12.7. The van der Waals surface area contributed by atoms with Gasteiger partial charge in [-0.1, -0.05) is 18.9 Å². The minimum absolute atomic E-state index is 0.00597. The van der Waals surface area contributed by atoms with Crippen LogP contribution in [-0.2, 0) is 10.0 Å². The van der Waals surface area contributed by atoms with Gasteiger partial charge in [0.1, 0.15) is 0 Å². The minimum Gasteiger partial charge on any atom is -0.478 e. The molecule has 1 fully saturated rings. The number of sulfonamides is 1. The van der Waals surface area contributed by atoms with Crippen molar-refractivity contribution in [3.05, 3.63) is 29.8 Å². The van der Waals surface area contributed by atoms with Gasteiger partial charge in [0.25, 0.3) is 0 Å². The van der Waals surface area contributed by atoms with E-state index in [1.165, 1.54) is 28.6 Å². The second kappa shape index (κ2) is 5.93. The molecule has 1 N–H and O–H groups in total. The van der Waals surface area contributed by atoms with Gasteiger partial charge in [-0.05, 0) is 38.0 Å². The standard InChI is InChI=1S/C14H19NO4S/c1-11-6-3-2-4-9-15(11)20(18,19)13-8-5-7-12(10-13)14(16)17/h5,7-8,10-11H,2-4,6,9H2,1H3,(H,16,17). The Kier molecular flexibility index (Phi) is 4.45. The summed E-state index contributed by atoms with van der Waals surface area (Å²) < 4.78 is 26.8. The highest BCUT2D eigenvalue weighted by atomic mass is 32.2. The first kappa shape index (κ1) is 15.0. The smallest absolute Gasteiger partial charge is 0.335 e. The summed E-state index contributed by atoms with van der Waals surface area (Å²) in [6.07, 6.45) is 3.76. The Morgan fingerprint density at radius 2 is 2.05 bits per heavy atom. The molecular formula is C14H19NO4S. The number of carboxylic acids is 1. The number of aromatic carboxylic acids is 1. The normalized spacial score (nSPS) is 21.4. The molecule has 1 aromatic carbocycles. The lowest BCUT2D eigenvalue weighted by Gasteiger charge is -2.26. The Morgan fingerprint density at radius 1 is 1.30 bits per heavy atom. The van der Waals surface area contributed by atoms with Crippen LogP contribution in [0.25, 0.3) is 0 Å². The molecule has 5 nitrogen and oxygen atoms in total. The molecule has 20 heavy (non-hydrogen) atoms. The van der Waals surface area contributed by atoms with Crippen LogP contribution in [0.1, 0.15) is 43.0 Å². The van der Waals surface area contributed by atoms with Crippen LogP contribution in [-0.4, -0.2) is 36.4 Å². The lowest BCUT2D eigenvalue weighted by molar-refractivity contribution is 0.0696. The Morgan fingerprint density at radius 3 is 2.75 bits per heavy atom. The fourth-order valence-corrected chi connectivity index (χ4v) is 4.28. The molecule has 0 spiro atoms. The van der Waals surface area contributed by atoms with E-state index < -0.39 is 16.0 Å². The number of nitrogens with zero attached hydrogens (tertiary/aromatic N) is 1. The van der Waals surface area contributed by atoms with Crippen LogP contribution in [0.2, 0.25) is 0 Å². The van der Waals surface area contributed by atoms with E-state index in [0.717, 1.165) is 25.7 Å². The molecule has 1 unspecified atom stereocenters. The predicted molar refractivity (Wildman–Crippen MR) is 75.2 cm³/mol. The Labute approximate surface area is 119 Å². The molecule has 0 saturated carbocycles. The largest absolute Gasteiger partial charge is 0.478 e. The highest BCUT2D eigenvalue weighted by molar-refractivity contribution is 7.89. The summed E-state index contributed by atoms with van der Waals surface area (Å²) in [5, 5.41) is 8.97. The summed E-state index contributed by atoms with van der Waals surface area (Å²) in [5.74, 6) is -1.12. The molecule has 1 aliphatic rings. The van der Waals surface area contributed by atoms with Crippen molar-refractivity contribution in [1.29, 1.82) is 0 Å². The number of benzene rings is 1. The van der Waals surface area contributed by atoms with Gasteiger partial charge in [-0.25, -0.2) is 13.2 Å². The zero-order valence-electron chi connectivity index (χ0n) is 11.4. The molecule has 0 radical (unpaired) electrons. The second-order valence-corrected chi connectivity index (χ2v) is 7.04. The molecule has 1 aliphatic heterocycles. The molecule has 6 heteroatoms. The molecule has 1 atom stereocenters. The van der Waals surface area contributed by atoms with Crippen LogP contribution in [0.3, 0.4) is 0 Å². The maximum absolute atomic E-state index is 12.7. The van der Waals surface area contributed by atoms with E-state index in [2.05, 4.69) is 0 Å². The summed E-state index contributed by atoms with van der Waals surface area (Å²) in [7, 11) is -3.62. The first-order valence-corrected chi connectivity index (χ1v) is 8.22. The fraction of sp³-hybridized carbons (Fsp3) is 0.500. The average Bonchev–Trinajstić information content (AvgIpc) is 2.64. The SMILES string of the molecule is CC1CCCCCN1S(=O)(=O)c1cccc(C(=O)O)c1. The zero-order valence-corrected chi connectivity index (χ0v) is 12.3. The quantitative estimate of drug-likeness (QED) is 0.929. The van der Waals surface area contributed by atoms with Crippen molar-refractivity contribution in [3.8, 4) is 0 Å². The van der Waals surface area contributed by atoms with E-state index in [1.54, 1.807) is 0 Å². The van der Waals surface area contributed by atoms with Crippen molar-refractivity contribution in [3.63, 3.8) is 0 Å². The summed E-state index contributed by atoms with van der Waals surface area (Å²) in [6.45, 7) is 2.41. The van der Waals surface area contributed by atoms with Crippen LogP contribution in [0.4, 0.5) is 0 Å². The number of carboxylic acid groups (broad SMARTS) is 1. The third kappa shape index (κ3) is 3.02. The third-order valence-electron chi connectivity index (χ3n) is 3.68. The molecular weight excluding hydrogens is 278 g/mol. The summed E-state index contributed by atoms with van der Waals surface area (Å²) in [6, 6.07) is 5.51. The Bertz CT molecular complexity index is 597. The van der Waals surface area contributed by atoms with E-state index in [9.17, 15) is 13.2 Å². The lowest BCUT2D eigenvalue weighted by Crippen LogP contribution is -2.38. The van der Waals surface area contributed by atoms with Gasteiger partial charge in [0.05, 0.1) is 10.5 Å². The highest BCUT2D eigenvalue weighted by Gasteiger charge is 2.30. The van der Waals surface area contributed by atoms with Gasteiger partial charge in [-0.2, -0.15) is 4.31 Å². The molecule has 0 aromatic heterocycles. The van der Waals surface area contributed by atoms with Crippen molar-refractivity contribution in [1.82, 2.24) is 4.31 Å². The second-order valence-electron chi connectivity index (χ2n) is 5.15. The van der Waals surface area contributed by atoms with Gasteiger partial charge < -0.3 is 5.11 Å². The topological polar surface area (TPSA) is 74.7 Å². The van der Waals surface area contributed by atoms with E-state index in [-0.39, 0.29) is 16.5 Å². The molecule has 0 bridgehead atoms. The third-order valence-corrected chi connectivity index (χ3v) is 5.69. The lowest BCUT2D eigenvalue weighted by atomic mass is 10.1. The zero-order chi connectivity index (χ0) is 14.8. The number of rotatable bonds is 3. The molecule has 2 rings (SSSR count). The van der Waals surface area contributed by atoms with Crippen molar-refractivity contribution in [2.45, 2.75) is 43.5 Å². The van der Waals surface area contributed by atoms with Crippen LogP contribution >= 0.6 is 0 Å². The molecule has 0 amide bonds. The average molecular weight is 297 g/mol. The van der Waals surface area contributed by atoms with Crippen molar-refractivity contribution in [2.24, 2.45) is 0 Å². The molecule has 1 saturated heterocycles. The van der Waals surface area contributed by atoms with Gasteiger partial charge in [-0.3, -0.25) is 0 Å². The molecule has 110 valence electrons. The van der Waals surface area contributed by atoms with Gasteiger partial charge in [0.15, 0.2) is 0 Å². The van der Waals surface area contributed by atoms with Crippen molar-refractivity contribution >= 4 is 16.0 Å². The minimum atomic E-state index is -3.62.